The van der Waals surface area contributed by atoms with Crippen molar-refractivity contribution in [2.75, 3.05) is 13.7 Å². The number of aromatic amines is 2. The highest BCUT2D eigenvalue weighted by molar-refractivity contribution is 5.28. The normalized spacial score (nSPS) is 15.0. The van der Waals surface area contributed by atoms with Gasteiger partial charge >= 0.3 is 0 Å². The van der Waals surface area contributed by atoms with E-state index in [9.17, 15) is 4.79 Å². The summed E-state index contributed by atoms with van der Waals surface area (Å²) < 4.78 is 4.99. The molecule has 6 heteroatoms. The number of hydrogen-bond donors (Lipinski definition) is 2. The summed E-state index contributed by atoms with van der Waals surface area (Å²) in [5.74, 6) is 0.350. The molecule has 0 unspecified atom stereocenters. The first-order chi connectivity index (χ1) is 10.2. The zero-order valence-electron chi connectivity index (χ0n) is 12.4. The molecule has 0 aromatic carbocycles. The third kappa shape index (κ3) is 2.71. The summed E-state index contributed by atoms with van der Waals surface area (Å²) in [6, 6.07) is 1.62. The molecular formula is C15H20N4O2. The number of H-pyrrole nitrogens is 2. The van der Waals surface area contributed by atoms with Gasteiger partial charge in [0.1, 0.15) is 0 Å². The van der Waals surface area contributed by atoms with Crippen LogP contribution in [0.5, 0.6) is 5.75 Å². The van der Waals surface area contributed by atoms with Gasteiger partial charge in [0, 0.05) is 55.3 Å². The van der Waals surface area contributed by atoms with E-state index in [1.807, 2.05) is 0 Å². The van der Waals surface area contributed by atoms with Crippen molar-refractivity contribution in [1.29, 1.82) is 0 Å². The number of pyridine rings is 1. The van der Waals surface area contributed by atoms with Crippen molar-refractivity contribution < 1.29 is 4.74 Å². The van der Waals surface area contributed by atoms with Gasteiger partial charge in [-0.3, -0.25) is 14.8 Å². The Balaban J connectivity index is 1.75. The number of fused-ring (bicyclic) bond motifs is 1. The molecular weight excluding hydrogens is 268 g/mol. The minimum absolute atomic E-state index is 0.0819. The molecule has 0 amide bonds. The Morgan fingerprint density at radius 3 is 3.05 bits per heavy atom. The van der Waals surface area contributed by atoms with Crippen molar-refractivity contribution >= 4 is 0 Å². The zero-order valence-corrected chi connectivity index (χ0v) is 12.4. The number of methoxy groups -OCH3 is 1. The van der Waals surface area contributed by atoms with Gasteiger partial charge in [0.2, 0.25) is 5.43 Å². The summed E-state index contributed by atoms with van der Waals surface area (Å²) in [5, 5.41) is 7.50. The second-order valence-corrected chi connectivity index (χ2v) is 5.33. The molecule has 0 bridgehead atoms. The molecule has 0 saturated carbocycles. The predicted octanol–water partition coefficient (Wildman–Crippen LogP) is 1.23. The largest absolute Gasteiger partial charge is 0.491 e. The molecule has 6 nitrogen and oxygen atoms in total. The van der Waals surface area contributed by atoms with Crippen LogP contribution in [0.4, 0.5) is 0 Å². The molecule has 2 aromatic heterocycles. The van der Waals surface area contributed by atoms with Gasteiger partial charge in [0.25, 0.3) is 0 Å². The minimum Gasteiger partial charge on any atom is -0.491 e. The van der Waals surface area contributed by atoms with Gasteiger partial charge < -0.3 is 9.72 Å². The van der Waals surface area contributed by atoms with E-state index in [2.05, 4.69) is 27.0 Å². The van der Waals surface area contributed by atoms with E-state index in [4.69, 9.17) is 4.74 Å². The highest BCUT2D eigenvalue weighted by Gasteiger charge is 2.21. The van der Waals surface area contributed by atoms with Crippen LogP contribution in [0, 0.1) is 0 Å². The summed E-state index contributed by atoms with van der Waals surface area (Å²) >= 11 is 0. The Morgan fingerprint density at radius 2 is 2.33 bits per heavy atom. The van der Waals surface area contributed by atoms with E-state index in [-0.39, 0.29) is 5.43 Å². The Morgan fingerprint density at radius 1 is 1.48 bits per heavy atom. The van der Waals surface area contributed by atoms with Crippen molar-refractivity contribution in [2.45, 2.75) is 32.9 Å². The SMILES string of the molecule is CCc1n[nH]c2c1CN(Cc1cc(=O)c(OC)c[nH]1)CC2. The maximum absolute atomic E-state index is 11.8. The standard InChI is InChI=1S/C15H20N4O2/c1-3-12-11-9-19(5-4-13(11)18-17-12)8-10-6-14(20)15(21-2)7-16-10/h6-7H,3-5,8-9H2,1-2H3,(H,16,20)(H,17,18). The lowest BCUT2D eigenvalue weighted by Crippen LogP contribution is -2.30. The van der Waals surface area contributed by atoms with Gasteiger partial charge in [0.15, 0.2) is 5.75 Å². The third-order valence-electron chi connectivity index (χ3n) is 3.98. The summed E-state index contributed by atoms with van der Waals surface area (Å²) in [4.78, 5) is 17.3. The van der Waals surface area contributed by atoms with E-state index in [0.717, 1.165) is 43.9 Å². The first-order valence-electron chi connectivity index (χ1n) is 7.24. The van der Waals surface area contributed by atoms with Gasteiger partial charge in [0.05, 0.1) is 12.8 Å². The Hall–Kier alpha value is -2.08. The average molecular weight is 288 g/mol. The molecule has 1 aliphatic rings. The number of aryl methyl sites for hydroxylation is 1. The molecule has 2 aromatic rings. The minimum atomic E-state index is -0.0819. The van der Waals surface area contributed by atoms with Crippen LogP contribution in [-0.2, 0) is 25.9 Å². The quantitative estimate of drug-likeness (QED) is 0.887. The molecule has 21 heavy (non-hydrogen) atoms. The zero-order chi connectivity index (χ0) is 14.8. The van der Waals surface area contributed by atoms with Gasteiger partial charge in [-0.1, -0.05) is 6.92 Å². The molecule has 0 saturated heterocycles. The summed E-state index contributed by atoms with van der Waals surface area (Å²) in [5.41, 5.74) is 4.55. The summed E-state index contributed by atoms with van der Waals surface area (Å²) in [6.07, 6.45) is 3.55. The topological polar surface area (TPSA) is 74.0 Å². The van der Waals surface area contributed by atoms with Crippen LogP contribution in [0.15, 0.2) is 17.1 Å². The molecule has 0 aliphatic carbocycles. The van der Waals surface area contributed by atoms with Crippen LogP contribution in [0.3, 0.4) is 0 Å². The van der Waals surface area contributed by atoms with E-state index in [0.29, 0.717) is 5.75 Å². The molecule has 112 valence electrons. The fraction of sp³-hybridized carbons (Fsp3) is 0.467. The van der Waals surface area contributed by atoms with Crippen LogP contribution in [0.2, 0.25) is 0 Å². The maximum Gasteiger partial charge on any atom is 0.223 e. The molecule has 0 radical (unpaired) electrons. The van der Waals surface area contributed by atoms with Crippen LogP contribution >= 0.6 is 0 Å². The lowest BCUT2D eigenvalue weighted by atomic mass is 10.0. The smallest absolute Gasteiger partial charge is 0.223 e. The van der Waals surface area contributed by atoms with Crippen LogP contribution in [0.1, 0.15) is 29.6 Å². The van der Waals surface area contributed by atoms with Crippen molar-refractivity contribution in [3.63, 3.8) is 0 Å². The first kappa shape index (κ1) is 13.9. The van der Waals surface area contributed by atoms with E-state index >= 15 is 0 Å². The van der Waals surface area contributed by atoms with E-state index in [1.54, 1.807) is 12.3 Å². The number of rotatable bonds is 4. The fourth-order valence-corrected chi connectivity index (χ4v) is 2.83. The predicted molar refractivity (Wildman–Crippen MR) is 79.4 cm³/mol. The third-order valence-corrected chi connectivity index (χ3v) is 3.98. The molecule has 0 atom stereocenters. The summed E-state index contributed by atoms with van der Waals surface area (Å²) in [7, 11) is 1.50. The van der Waals surface area contributed by atoms with E-state index < -0.39 is 0 Å². The van der Waals surface area contributed by atoms with Crippen molar-refractivity contribution in [3.8, 4) is 5.75 Å². The Labute approximate surface area is 123 Å². The lowest BCUT2D eigenvalue weighted by Gasteiger charge is -2.26. The highest BCUT2D eigenvalue weighted by Crippen LogP contribution is 2.21. The molecule has 0 fully saturated rings. The second-order valence-electron chi connectivity index (χ2n) is 5.33. The van der Waals surface area contributed by atoms with Crippen LogP contribution in [0.25, 0.3) is 0 Å². The number of nitrogens with zero attached hydrogens (tertiary/aromatic N) is 2. The molecule has 1 aliphatic heterocycles. The van der Waals surface area contributed by atoms with Crippen LogP contribution < -0.4 is 10.2 Å². The van der Waals surface area contributed by atoms with E-state index in [1.165, 1.54) is 18.4 Å². The van der Waals surface area contributed by atoms with Gasteiger partial charge in [-0.2, -0.15) is 5.10 Å². The number of hydrogen-bond acceptors (Lipinski definition) is 4. The Kier molecular flexibility index (Phi) is 3.79. The Bertz CT molecular complexity index is 676. The fourth-order valence-electron chi connectivity index (χ4n) is 2.83. The number of ether oxygens (including phenoxy) is 1. The molecule has 0 spiro atoms. The van der Waals surface area contributed by atoms with Crippen molar-refractivity contribution in [3.05, 3.63) is 45.1 Å². The maximum atomic E-state index is 11.8. The summed E-state index contributed by atoms with van der Waals surface area (Å²) in [6.45, 7) is 4.69. The molecule has 2 N–H and O–H groups in total. The molecule has 3 rings (SSSR count). The second kappa shape index (κ2) is 5.73. The van der Waals surface area contributed by atoms with Crippen molar-refractivity contribution in [2.24, 2.45) is 0 Å². The van der Waals surface area contributed by atoms with Gasteiger partial charge in [-0.05, 0) is 6.42 Å². The molecule has 3 heterocycles. The van der Waals surface area contributed by atoms with Crippen LogP contribution in [-0.4, -0.2) is 33.7 Å². The highest BCUT2D eigenvalue weighted by atomic mass is 16.5. The van der Waals surface area contributed by atoms with Gasteiger partial charge in [-0.25, -0.2) is 0 Å². The number of aromatic nitrogens is 3. The van der Waals surface area contributed by atoms with Gasteiger partial charge in [-0.15, -0.1) is 0 Å². The number of nitrogens with one attached hydrogen (secondary N) is 2. The van der Waals surface area contributed by atoms with Crippen molar-refractivity contribution in [1.82, 2.24) is 20.1 Å². The average Bonchev–Trinajstić information content (AvgIpc) is 2.90. The first-order valence-corrected chi connectivity index (χ1v) is 7.24. The lowest BCUT2D eigenvalue weighted by molar-refractivity contribution is 0.241. The monoisotopic (exact) mass is 288 g/mol.